The smallest absolute Gasteiger partial charge is 0.161 e. The highest BCUT2D eigenvalue weighted by atomic mass is 16.5. The predicted molar refractivity (Wildman–Crippen MR) is 95.7 cm³/mol. The minimum atomic E-state index is -0.205. The maximum Gasteiger partial charge on any atom is 0.161 e. The highest BCUT2D eigenvalue weighted by Crippen LogP contribution is 2.43. The van der Waals surface area contributed by atoms with Gasteiger partial charge >= 0.3 is 0 Å². The SMILES string of the molecule is COc1cc2c(cc1OC)[C@H]1C[C@@H](O)[C@H](CCC(C)C)CN1CC2. The summed E-state index contributed by atoms with van der Waals surface area (Å²) in [4.78, 5) is 2.56. The number of nitrogens with zero attached hydrogens (tertiary/aromatic N) is 1. The molecule has 0 unspecified atom stereocenters. The molecule has 0 saturated carbocycles. The summed E-state index contributed by atoms with van der Waals surface area (Å²) in [6, 6.07) is 4.54. The zero-order chi connectivity index (χ0) is 17.3. The van der Waals surface area contributed by atoms with Crippen molar-refractivity contribution in [2.24, 2.45) is 11.8 Å². The van der Waals surface area contributed by atoms with Gasteiger partial charge in [0.1, 0.15) is 0 Å². The number of hydrogen-bond donors (Lipinski definition) is 1. The lowest BCUT2D eigenvalue weighted by Crippen LogP contribution is -2.48. The second-order valence-electron chi connectivity index (χ2n) is 7.70. The Morgan fingerprint density at radius 1 is 1.21 bits per heavy atom. The van der Waals surface area contributed by atoms with E-state index >= 15 is 0 Å². The number of ether oxygens (including phenoxy) is 2. The number of benzene rings is 1. The number of fused-ring (bicyclic) bond motifs is 3. The highest BCUT2D eigenvalue weighted by Gasteiger charge is 2.38. The van der Waals surface area contributed by atoms with Gasteiger partial charge in [0.15, 0.2) is 11.5 Å². The third kappa shape index (κ3) is 3.40. The average Bonchev–Trinajstić information content (AvgIpc) is 2.58. The first kappa shape index (κ1) is 17.6. The van der Waals surface area contributed by atoms with Gasteiger partial charge in [0.25, 0.3) is 0 Å². The molecule has 1 aromatic carbocycles. The zero-order valence-corrected chi connectivity index (χ0v) is 15.4. The van der Waals surface area contributed by atoms with Crippen molar-refractivity contribution in [2.75, 3.05) is 27.3 Å². The van der Waals surface area contributed by atoms with Crippen LogP contribution in [0, 0.1) is 11.8 Å². The molecule has 2 heterocycles. The van der Waals surface area contributed by atoms with Crippen molar-refractivity contribution < 1.29 is 14.6 Å². The average molecular weight is 333 g/mol. The molecular formula is C20H31NO3. The number of piperidine rings is 1. The Balaban J connectivity index is 1.81. The molecule has 0 spiro atoms. The van der Waals surface area contributed by atoms with Gasteiger partial charge in [0.05, 0.1) is 20.3 Å². The molecule has 3 atom stereocenters. The molecule has 3 rings (SSSR count). The maximum atomic E-state index is 10.7. The molecule has 24 heavy (non-hydrogen) atoms. The molecule has 2 aliphatic heterocycles. The van der Waals surface area contributed by atoms with Crippen LogP contribution in [0.25, 0.3) is 0 Å². The Bertz CT molecular complexity index is 572. The van der Waals surface area contributed by atoms with E-state index in [2.05, 4.69) is 30.9 Å². The summed E-state index contributed by atoms with van der Waals surface area (Å²) in [5, 5.41) is 10.7. The number of methoxy groups -OCH3 is 2. The van der Waals surface area contributed by atoms with Crippen LogP contribution in [0.3, 0.4) is 0 Å². The van der Waals surface area contributed by atoms with Gasteiger partial charge in [-0.1, -0.05) is 20.3 Å². The van der Waals surface area contributed by atoms with Crippen molar-refractivity contribution in [1.29, 1.82) is 0 Å². The van der Waals surface area contributed by atoms with Gasteiger partial charge in [-0.2, -0.15) is 0 Å². The molecule has 1 N–H and O–H groups in total. The van der Waals surface area contributed by atoms with E-state index < -0.39 is 0 Å². The van der Waals surface area contributed by atoms with Gasteiger partial charge < -0.3 is 14.6 Å². The molecule has 0 radical (unpaired) electrons. The van der Waals surface area contributed by atoms with E-state index in [9.17, 15) is 5.11 Å². The lowest BCUT2D eigenvalue weighted by Gasteiger charge is -2.46. The Labute approximate surface area is 145 Å². The standard InChI is InChI=1S/C20H31NO3/c1-13(2)5-6-15-12-21-8-7-14-9-19(23-3)20(24-4)10-16(14)17(21)11-18(15)22/h9-10,13,15,17-18,22H,5-8,11-12H2,1-4H3/t15-,17-,18-/m1/s1. The van der Waals surface area contributed by atoms with Crippen LogP contribution >= 0.6 is 0 Å². The molecule has 1 saturated heterocycles. The van der Waals surface area contributed by atoms with Crippen molar-refractivity contribution in [3.05, 3.63) is 23.3 Å². The van der Waals surface area contributed by atoms with Gasteiger partial charge in [-0.15, -0.1) is 0 Å². The second kappa shape index (κ2) is 7.32. The highest BCUT2D eigenvalue weighted by molar-refractivity contribution is 5.49. The summed E-state index contributed by atoms with van der Waals surface area (Å²) in [5.74, 6) is 2.70. The first-order chi connectivity index (χ1) is 11.5. The van der Waals surface area contributed by atoms with Gasteiger partial charge in [-0.3, -0.25) is 4.90 Å². The Hall–Kier alpha value is -1.26. The zero-order valence-electron chi connectivity index (χ0n) is 15.4. The van der Waals surface area contributed by atoms with E-state index in [0.717, 1.165) is 43.9 Å². The molecule has 1 aromatic rings. The third-order valence-electron chi connectivity index (χ3n) is 5.71. The largest absolute Gasteiger partial charge is 0.493 e. The molecule has 2 aliphatic rings. The van der Waals surface area contributed by atoms with E-state index in [1.54, 1.807) is 14.2 Å². The summed E-state index contributed by atoms with van der Waals surface area (Å²) >= 11 is 0. The third-order valence-corrected chi connectivity index (χ3v) is 5.71. The topological polar surface area (TPSA) is 41.9 Å². The van der Waals surface area contributed by atoms with E-state index in [1.165, 1.54) is 17.5 Å². The van der Waals surface area contributed by atoms with Gasteiger partial charge in [-0.05, 0) is 54.4 Å². The van der Waals surface area contributed by atoms with Crippen molar-refractivity contribution in [2.45, 2.75) is 51.7 Å². The fourth-order valence-electron chi connectivity index (χ4n) is 4.25. The van der Waals surface area contributed by atoms with Gasteiger partial charge in [-0.25, -0.2) is 0 Å². The van der Waals surface area contributed by atoms with Crippen molar-refractivity contribution in [3.63, 3.8) is 0 Å². The molecule has 0 aromatic heterocycles. The number of hydrogen-bond acceptors (Lipinski definition) is 4. The van der Waals surface area contributed by atoms with Gasteiger partial charge in [0.2, 0.25) is 0 Å². The molecule has 134 valence electrons. The quantitative estimate of drug-likeness (QED) is 0.896. The van der Waals surface area contributed by atoms with E-state index in [0.29, 0.717) is 17.9 Å². The monoisotopic (exact) mass is 333 g/mol. The summed E-state index contributed by atoms with van der Waals surface area (Å²) < 4.78 is 10.9. The Morgan fingerprint density at radius 2 is 1.92 bits per heavy atom. The van der Waals surface area contributed by atoms with Crippen LogP contribution in [0.15, 0.2) is 12.1 Å². The van der Waals surface area contributed by atoms with Crippen LogP contribution in [0.1, 0.15) is 50.3 Å². The van der Waals surface area contributed by atoms with Gasteiger partial charge in [0, 0.05) is 19.1 Å². The van der Waals surface area contributed by atoms with Crippen molar-refractivity contribution in [3.8, 4) is 11.5 Å². The van der Waals surface area contributed by atoms with Crippen LogP contribution in [0.4, 0.5) is 0 Å². The Kier molecular flexibility index (Phi) is 5.36. The summed E-state index contributed by atoms with van der Waals surface area (Å²) in [7, 11) is 3.37. The molecular weight excluding hydrogens is 302 g/mol. The number of aliphatic hydroxyl groups excluding tert-OH is 1. The summed E-state index contributed by atoms with van der Waals surface area (Å²) in [5.41, 5.74) is 2.64. The van der Waals surface area contributed by atoms with Crippen molar-refractivity contribution in [1.82, 2.24) is 4.90 Å². The van der Waals surface area contributed by atoms with Crippen LogP contribution in [-0.2, 0) is 6.42 Å². The number of rotatable bonds is 5. The lowest BCUT2D eigenvalue weighted by atomic mass is 9.79. The lowest BCUT2D eigenvalue weighted by molar-refractivity contribution is -0.0166. The first-order valence-corrected chi connectivity index (χ1v) is 9.20. The Morgan fingerprint density at radius 3 is 2.58 bits per heavy atom. The fourth-order valence-corrected chi connectivity index (χ4v) is 4.25. The molecule has 1 fully saturated rings. The molecule has 0 aliphatic carbocycles. The normalized spacial score (nSPS) is 26.8. The van der Waals surface area contributed by atoms with E-state index in [4.69, 9.17) is 9.47 Å². The summed E-state index contributed by atoms with van der Waals surface area (Å²) in [6.07, 6.45) is 3.98. The van der Waals surface area contributed by atoms with Crippen LogP contribution < -0.4 is 9.47 Å². The molecule has 0 bridgehead atoms. The molecule has 0 amide bonds. The molecule has 4 nitrogen and oxygen atoms in total. The van der Waals surface area contributed by atoms with Crippen LogP contribution in [0.2, 0.25) is 0 Å². The minimum Gasteiger partial charge on any atom is -0.493 e. The van der Waals surface area contributed by atoms with Crippen LogP contribution in [0.5, 0.6) is 11.5 Å². The molecule has 4 heteroatoms. The second-order valence-corrected chi connectivity index (χ2v) is 7.70. The van der Waals surface area contributed by atoms with E-state index in [1.807, 2.05) is 0 Å². The first-order valence-electron chi connectivity index (χ1n) is 9.20. The number of aliphatic hydroxyl groups is 1. The van der Waals surface area contributed by atoms with Crippen molar-refractivity contribution >= 4 is 0 Å². The summed E-state index contributed by atoms with van der Waals surface area (Å²) in [6.45, 7) is 6.59. The van der Waals surface area contributed by atoms with E-state index in [-0.39, 0.29) is 6.10 Å². The fraction of sp³-hybridized carbons (Fsp3) is 0.700. The van der Waals surface area contributed by atoms with Crippen LogP contribution in [-0.4, -0.2) is 43.4 Å². The minimum absolute atomic E-state index is 0.205. The maximum absolute atomic E-state index is 10.7. The predicted octanol–water partition coefficient (Wildman–Crippen LogP) is 3.42.